The fourth-order valence-corrected chi connectivity index (χ4v) is 4.89. The van der Waals surface area contributed by atoms with E-state index in [0.29, 0.717) is 17.7 Å². The van der Waals surface area contributed by atoms with E-state index < -0.39 is 0 Å². The number of ether oxygens (including phenoxy) is 1. The Morgan fingerprint density at radius 1 is 1.00 bits per heavy atom. The molecule has 1 amide bonds. The number of methoxy groups -OCH3 is 1. The minimum Gasteiger partial charge on any atom is -0.497 e. The van der Waals surface area contributed by atoms with Gasteiger partial charge in [0.2, 0.25) is 0 Å². The van der Waals surface area contributed by atoms with Crippen LogP contribution in [0.25, 0.3) is 11.1 Å². The molecule has 240 valence electrons. The summed E-state index contributed by atoms with van der Waals surface area (Å²) >= 11 is 0. The summed E-state index contributed by atoms with van der Waals surface area (Å²) in [4.78, 5) is 24.9. The quantitative estimate of drug-likeness (QED) is 0.175. The van der Waals surface area contributed by atoms with E-state index in [1.807, 2.05) is 55.5 Å². The fourth-order valence-electron chi connectivity index (χ4n) is 4.89. The number of carbonyl (C=O) groups is 1. The van der Waals surface area contributed by atoms with Gasteiger partial charge in [0.1, 0.15) is 5.75 Å². The molecular formula is C36H47ClN6O2. The van der Waals surface area contributed by atoms with Gasteiger partial charge in [0.25, 0.3) is 5.91 Å². The van der Waals surface area contributed by atoms with Crippen LogP contribution in [0.3, 0.4) is 0 Å². The lowest BCUT2D eigenvalue weighted by Gasteiger charge is -2.29. The van der Waals surface area contributed by atoms with Crippen molar-refractivity contribution < 1.29 is 9.53 Å². The maximum absolute atomic E-state index is 12.5. The molecule has 0 saturated carbocycles. The number of hydrogen-bond acceptors (Lipinski definition) is 7. The molecule has 3 aromatic rings. The van der Waals surface area contributed by atoms with E-state index in [4.69, 9.17) is 10.00 Å². The van der Waals surface area contributed by atoms with E-state index in [-0.39, 0.29) is 18.3 Å². The Morgan fingerprint density at radius 2 is 1.80 bits per heavy atom. The summed E-state index contributed by atoms with van der Waals surface area (Å²) in [6.07, 6.45) is 4.16. The molecule has 0 atom stereocenters. The summed E-state index contributed by atoms with van der Waals surface area (Å²) in [6.45, 7) is 8.41. The summed E-state index contributed by atoms with van der Waals surface area (Å²) in [6, 6.07) is 26.2. The van der Waals surface area contributed by atoms with Crippen LogP contribution in [0.15, 0.2) is 76.7 Å². The maximum Gasteiger partial charge on any atom is 0.251 e. The van der Waals surface area contributed by atoms with Gasteiger partial charge in [-0.3, -0.25) is 9.69 Å². The molecule has 0 aromatic heterocycles. The van der Waals surface area contributed by atoms with Crippen molar-refractivity contribution in [3.8, 4) is 22.9 Å². The number of nitrogens with one attached hydrogen (secondary N) is 1. The zero-order valence-corrected chi connectivity index (χ0v) is 27.9. The predicted molar refractivity (Wildman–Crippen MR) is 186 cm³/mol. The molecule has 45 heavy (non-hydrogen) atoms. The molecule has 0 saturated heterocycles. The number of fused-ring (bicyclic) bond motifs is 1. The molecule has 0 spiro atoms. The smallest absolute Gasteiger partial charge is 0.251 e. The molecule has 1 aliphatic heterocycles. The van der Waals surface area contributed by atoms with Crippen LogP contribution in [-0.4, -0.2) is 82.2 Å². The van der Waals surface area contributed by atoms with E-state index in [2.05, 4.69) is 63.4 Å². The molecule has 0 bridgehead atoms. The molecule has 1 aliphatic rings. The number of hydrogen-bond donors (Lipinski definition) is 1. The predicted octanol–water partition coefficient (Wildman–Crippen LogP) is 6.36. The first-order chi connectivity index (χ1) is 21.4. The molecule has 1 heterocycles. The van der Waals surface area contributed by atoms with Crippen LogP contribution >= 0.6 is 12.4 Å². The molecule has 0 fully saturated rings. The number of carbonyl (C=O) groups excluding carboxylic acids is 1. The van der Waals surface area contributed by atoms with Crippen molar-refractivity contribution in [1.29, 1.82) is 5.26 Å². The van der Waals surface area contributed by atoms with Crippen molar-refractivity contribution in [1.82, 2.24) is 15.1 Å². The van der Waals surface area contributed by atoms with Crippen molar-refractivity contribution in [2.45, 2.75) is 39.2 Å². The lowest BCUT2D eigenvalue weighted by atomic mass is 9.99. The van der Waals surface area contributed by atoms with Crippen LogP contribution in [0.2, 0.25) is 0 Å². The van der Waals surface area contributed by atoms with Crippen molar-refractivity contribution >= 4 is 24.3 Å². The number of nitrogens with zero attached hydrogens (tertiary/aromatic N) is 5. The highest BCUT2D eigenvalue weighted by atomic mass is 35.5. The topological polar surface area (TPSA) is 93.3 Å². The Balaban J connectivity index is 0.000000505. The van der Waals surface area contributed by atoms with Crippen LogP contribution in [0, 0.1) is 11.3 Å². The number of unbranched alkanes of at least 4 members (excludes halogenated alkanes) is 1. The van der Waals surface area contributed by atoms with Crippen LogP contribution < -0.4 is 10.1 Å². The van der Waals surface area contributed by atoms with Gasteiger partial charge in [0.05, 0.1) is 31.3 Å². The van der Waals surface area contributed by atoms with Gasteiger partial charge < -0.3 is 15.0 Å². The van der Waals surface area contributed by atoms with E-state index >= 15 is 0 Å². The molecular weight excluding hydrogens is 584 g/mol. The summed E-state index contributed by atoms with van der Waals surface area (Å²) in [5.74, 6) is 0.869. The Hall–Kier alpha value is -3.99. The number of aliphatic imine (C=N–C) groups is 2. The van der Waals surface area contributed by atoms with Gasteiger partial charge in [-0.15, -0.1) is 12.4 Å². The van der Waals surface area contributed by atoms with Gasteiger partial charge in [-0.25, -0.2) is 9.98 Å². The summed E-state index contributed by atoms with van der Waals surface area (Å²) < 4.78 is 5.36. The van der Waals surface area contributed by atoms with Crippen molar-refractivity contribution in [3.63, 3.8) is 0 Å². The highest BCUT2D eigenvalue weighted by Gasteiger charge is 2.16. The number of amides is 1. The molecule has 3 aromatic carbocycles. The molecule has 0 radical (unpaired) electrons. The number of rotatable bonds is 13. The van der Waals surface area contributed by atoms with Gasteiger partial charge in [-0.1, -0.05) is 30.3 Å². The Labute approximate surface area is 275 Å². The second-order valence-electron chi connectivity index (χ2n) is 11.0. The average Bonchev–Trinajstić information content (AvgIpc) is 3.06. The largest absolute Gasteiger partial charge is 0.497 e. The lowest BCUT2D eigenvalue weighted by Crippen LogP contribution is -2.32. The van der Waals surface area contributed by atoms with Gasteiger partial charge in [0, 0.05) is 31.7 Å². The summed E-state index contributed by atoms with van der Waals surface area (Å²) in [7, 11) is 5.83. The summed E-state index contributed by atoms with van der Waals surface area (Å²) in [5, 5.41) is 12.1. The highest BCUT2D eigenvalue weighted by Crippen LogP contribution is 2.24. The van der Waals surface area contributed by atoms with Gasteiger partial charge >= 0.3 is 0 Å². The van der Waals surface area contributed by atoms with Crippen molar-refractivity contribution in [2.75, 3.05) is 60.5 Å². The molecule has 9 heteroatoms. The monoisotopic (exact) mass is 630 g/mol. The van der Waals surface area contributed by atoms with Gasteiger partial charge in [-0.05, 0) is 118 Å². The molecule has 0 unspecified atom stereocenters. The van der Waals surface area contributed by atoms with Crippen molar-refractivity contribution in [3.05, 3.63) is 89.0 Å². The first kappa shape index (κ1) is 37.2. The zero-order valence-electron chi connectivity index (χ0n) is 27.1. The van der Waals surface area contributed by atoms with E-state index in [9.17, 15) is 4.79 Å². The van der Waals surface area contributed by atoms with E-state index in [1.165, 1.54) is 11.1 Å². The third-order valence-corrected chi connectivity index (χ3v) is 7.34. The Bertz CT molecular complexity index is 1430. The average molecular weight is 631 g/mol. The molecule has 0 aliphatic carbocycles. The second kappa shape index (κ2) is 20.9. The van der Waals surface area contributed by atoms with Crippen LogP contribution in [0.1, 0.15) is 53.2 Å². The van der Waals surface area contributed by atoms with Crippen molar-refractivity contribution in [2.24, 2.45) is 9.98 Å². The third-order valence-electron chi connectivity index (χ3n) is 7.34. The Kier molecular flexibility index (Phi) is 17.3. The van der Waals surface area contributed by atoms with E-state index in [1.54, 1.807) is 13.2 Å². The van der Waals surface area contributed by atoms with Crippen LogP contribution in [0.5, 0.6) is 5.75 Å². The van der Waals surface area contributed by atoms with Crippen LogP contribution in [-0.2, 0) is 13.0 Å². The number of benzene rings is 3. The standard InChI is InChI=1S/C28H29N3O2.C8H17N3.ClH/c1-33-27-12-11-23-13-16-31(20-26(23)18-27)15-3-2-14-30-28(32)24-9-7-22(8-10-24)25-6-4-5-21(17-25)19-29;1-4-9-8-10-6-5-7-11(2)3;/h4-12,17-18H,2-3,13-16,20H2,1H3,(H,30,32);4-7H2,1-3H3;1H. The fraction of sp³-hybridized carbons (Fsp3) is 0.417. The molecule has 8 nitrogen and oxygen atoms in total. The molecule has 1 N–H and O–H groups in total. The lowest BCUT2D eigenvalue weighted by molar-refractivity contribution is 0.0952. The van der Waals surface area contributed by atoms with E-state index in [0.717, 1.165) is 81.8 Å². The second-order valence-corrected chi connectivity index (χ2v) is 11.0. The minimum absolute atomic E-state index is 0. The summed E-state index contributed by atoms with van der Waals surface area (Å²) in [5.41, 5.74) is 6.02. The zero-order chi connectivity index (χ0) is 31.6. The number of halogens is 1. The third kappa shape index (κ3) is 13.3. The molecule has 4 rings (SSSR count). The maximum atomic E-state index is 12.5. The normalized spacial score (nSPS) is 11.9. The first-order valence-electron chi connectivity index (χ1n) is 15.4. The Morgan fingerprint density at radius 3 is 2.51 bits per heavy atom. The first-order valence-corrected chi connectivity index (χ1v) is 15.4. The number of nitriles is 1. The van der Waals surface area contributed by atoms with Crippen LogP contribution in [0.4, 0.5) is 0 Å². The highest BCUT2D eigenvalue weighted by molar-refractivity contribution is 5.94. The van der Waals surface area contributed by atoms with Gasteiger partial charge in [0.15, 0.2) is 0 Å². The SMILES string of the molecule is CCN=C=NCCCN(C)C.COc1ccc2c(c1)CN(CCCCNC(=O)c1ccc(-c3cccc(C#N)c3)cc1)CC2.Cl. The minimum atomic E-state index is -0.0497. The van der Waals surface area contributed by atoms with Gasteiger partial charge in [-0.2, -0.15) is 5.26 Å².